The number of hydrogen-bond donors (Lipinski definition) is 1. The van der Waals surface area contributed by atoms with Crippen molar-refractivity contribution in [1.82, 2.24) is 4.90 Å². The summed E-state index contributed by atoms with van der Waals surface area (Å²) in [5.74, 6) is 0.758. The summed E-state index contributed by atoms with van der Waals surface area (Å²) in [6.45, 7) is 3.85. The first-order valence-electron chi connectivity index (χ1n) is 6.45. The van der Waals surface area contributed by atoms with Gasteiger partial charge in [0.1, 0.15) is 0 Å². The van der Waals surface area contributed by atoms with Gasteiger partial charge in [-0.15, -0.1) is 0 Å². The van der Waals surface area contributed by atoms with E-state index in [0.29, 0.717) is 10.7 Å². The number of benzene rings is 1. The standard InChI is InChI=1S/C14H21ClN2O/c1-17(9-11-4-6-18-7-5-11)10-12-2-3-13(15)14(16)8-12/h2-3,8,11H,4-7,9-10,16H2,1H3. The fraction of sp³-hybridized carbons (Fsp3) is 0.571. The lowest BCUT2D eigenvalue weighted by molar-refractivity contribution is 0.0549. The second kappa shape index (κ2) is 6.41. The zero-order valence-corrected chi connectivity index (χ0v) is 11.6. The summed E-state index contributed by atoms with van der Waals surface area (Å²) >= 11 is 5.92. The SMILES string of the molecule is CN(Cc1ccc(Cl)c(N)c1)CC1CCOCC1. The zero-order chi connectivity index (χ0) is 13.0. The molecule has 3 nitrogen and oxygen atoms in total. The normalized spacial score (nSPS) is 17.3. The van der Waals surface area contributed by atoms with Gasteiger partial charge in [-0.25, -0.2) is 0 Å². The molecule has 1 aliphatic rings. The maximum atomic E-state index is 5.92. The number of ether oxygens (including phenoxy) is 1. The third-order valence-electron chi connectivity index (χ3n) is 3.42. The molecule has 0 spiro atoms. The molecule has 1 saturated heterocycles. The van der Waals surface area contributed by atoms with Crippen LogP contribution in [0.4, 0.5) is 5.69 Å². The van der Waals surface area contributed by atoms with E-state index in [2.05, 4.69) is 11.9 Å². The molecule has 4 heteroatoms. The minimum absolute atomic E-state index is 0.630. The van der Waals surface area contributed by atoms with Gasteiger partial charge in [0.15, 0.2) is 0 Å². The smallest absolute Gasteiger partial charge is 0.0635 e. The first-order valence-corrected chi connectivity index (χ1v) is 6.83. The summed E-state index contributed by atoms with van der Waals surface area (Å²) < 4.78 is 5.38. The van der Waals surface area contributed by atoms with Crippen molar-refractivity contribution in [2.45, 2.75) is 19.4 Å². The molecular formula is C14H21ClN2O. The molecule has 0 unspecified atom stereocenters. The molecule has 1 aromatic carbocycles. The Labute approximate surface area is 114 Å². The molecule has 1 aliphatic heterocycles. The van der Waals surface area contributed by atoms with Gasteiger partial charge in [-0.05, 0) is 43.5 Å². The molecule has 2 N–H and O–H groups in total. The average molecular weight is 269 g/mol. The van der Waals surface area contributed by atoms with Gasteiger partial charge in [0.2, 0.25) is 0 Å². The summed E-state index contributed by atoms with van der Waals surface area (Å²) in [7, 11) is 2.15. The van der Waals surface area contributed by atoms with Gasteiger partial charge in [0.05, 0.1) is 10.7 Å². The highest BCUT2D eigenvalue weighted by Gasteiger charge is 2.15. The Hall–Kier alpha value is -0.770. The molecule has 0 amide bonds. The third-order valence-corrected chi connectivity index (χ3v) is 3.77. The monoisotopic (exact) mass is 268 g/mol. The molecule has 0 bridgehead atoms. The van der Waals surface area contributed by atoms with E-state index in [9.17, 15) is 0 Å². The van der Waals surface area contributed by atoms with E-state index in [1.54, 1.807) is 0 Å². The Morgan fingerprint density at radius 1 is 1.39 bits per heavy atom. The average Bonchev–Trinajstić information content (AvgIpc) is 2.35. The molecular weight excluding hydrogens is 248 g/mol. The molecule has 1 heterocycles. The predicted octanol–water partition coefficient (Wildman–Crippen LogP) is 2.78. The molecule has 0 aliphatic carbocycles. The number of hydrogen-bond acceptors (Lipinski definition) is 3. The van der Waals surface area contributed by atoms with Crippen molar-refractivity contribution in [3.8, 4) is 0 Å². The van der Waals surface area contributed by atoms with Crippen LogP contribution in [0.1, 0.15) is 18.4 Å². The third kappa shape index (κ3) is 3.87. The lowest BCUT2D eigenvalue weighted by atomic mass is 10.00. The van der Waals surface area contributed by atoms with Gasteiger partial charge in [-0.2, -0.15) is 0 Å². The van der Waals surface area contributed by atoms with Crippen molar-refractivity contribution in [3.05, 3.63) is 28.8 Å². The Bertz CT molecular complexity index is 391. The summed E-state index contributed by atoms with van der Waals surface area (Å²) in [6.07, 6.45) is 2.35. The highest BCUT2D eigenvalue weighted by molar-refractivity contribution is 6.33. The van der Waals surface area contributed by atoms with E-state index in [1.807, 2.05) is 18.2 Å². The number of rotatable bonds is 4. The van der Waals surface area contributed by atoms with Crippen molar-refractivity contribution >= 4 is 17.3 Å². The van der Waals surface area contributed by atoms with Crippen molar-refractivity contribution in [3.63, 3.8) is 0 Å². The number of nitrogens with two attached hydrogens (primary N) is 1. The van der Waals surface area contributed by atoms with Gasteiger partial charge in [-0.3, -0.25) is 0 Å². The Morgan fingerprint density at radius 3 is 2.78 bits per heavy atom. The molecule has 2 rings (SSSR count). The van der Waals surface area contributed by atoms with Crippen LogP contribution in [0.3, 0.4) is 0 Å². The maximum Gasteiger partial charge on any atom is 0.0635 e. The summed E-state index contributed by atoms with van der Waals surface area (Å²) in [5.41, 5.74) is 7.69. The second-order valence-corrected chi connectivity index (χ2v) is 5.52. The Morgan fingerprint density at radius 2 is 2.11 bits per heavy atom. The first kappa shape index (κ1) is 13.7. The van der Waals surface area contributed by atoms with Crippen LogP contribution in [0, 0.1) is 5.92 Å². The van der Waals surface area contributed by atoms with Crippen LogP contribution in [0.25, 0.3) is 0 Å². The maximum absolute atomic E-state index is 5.92. The van der Waals surface area contributed by atoms with Crippen LogP contribution in [0.15, 0.2) is 18.2 Å². The number of anilines is 1. The van der Waals surface area contributed by atoms with Crippen LogP contribution in [0.2, 0.25) is 5.02 Å². The highest BCUT2D eigenvalue weighted by atomic mass is 35.5. The van der Waals surface area contributed by atoms with Gasteiger partial charge in [0.25, 0.3) is 0 Å². The predicted molar refractivity (Wildman–Crippen MR) is 75.7 cm³/mol. The fourth-order valence-corrected chi connectivity index (χ4v) is 2.56. The Kier molecular flexibility index (Phi) is 4.87. The van der Waals surface area contributed by atoms with Crippen molar-refractivity contribution in [1.29, 1.82) is 0 Å². The number of halogens is 1. The summed E-state index contributed by atoms with van der Waals surface area (Å²) in [6, 6.07) is 5.87. The van der Waals surface area contributed by atoms with E-state index in [-0.39, 0.29) is 0 Å². The van der Waals surface area contributed by atoms with Crippen LogP contribution in [-0.2, 0) is 11.3 Å². The topological polar surface area (TPSA) is 38.5 Å². The van der Waals surface area contributed by atoms with E-state index >= 15 is 0 Å². The highest BCUT2D eigenvalue weighted by Crippen LogP contribution is 2.21. The molecule has 1 fully saturated rings. The largest absolute Gasteiger partial charge is 0.398 e. The van der Waals surface area contributed by atoms with Crippen molar-refractivity contribution in [2.75, 3.05) is 32.5 Å². The van der Waals surface area contributed by atoms with E-state index in [0.717, 1.165) is 32.2 Å². The van der Waals surface area contributed by atoms with Gasteiger partial charge in [0, 0.05) is 26.3 Å². The Balaban J connectivity index is 1.85. The van der Waals surface area contributed by atoms with E-state index in [1.165, 1.54) is 18.4 Å². The van der Waals surface area contributed by atoms with Crippen LogP contribution >= 0.6 is 11.6 Å². The first-order chi connectivity index (χ1) is 8.65. The second-order valence-electron chi connectivity index (χ2n) is 5.11. The van der Waals surface area contributed by atoms with Crippen molar-refractivity contribution < 1.29 is 4.74 Å². The molecule has 0 radical (unpaired) electrons. The molecule has 100 valence electrons. The molecule has 0 saturated carbocycles. The van der Waals surface area contributed by atoms with Gasteiger partial charge in [-0.1, -0.05) is 17.7 Å². The van der Waals surface area contributed by atoms with Crippen LogP contribution < -0.4 is 5.73 Å². The van der Waals surface area contributed by atoms with Crippen molar-refractivity contribution in [2.24, 2.45) is 5.92 Å². The molecule has 0 atom stereocenters. The molecule has 0 aromatic heterocycles. The number of nitrogens with zero attached hydrogens (tertiary/aromatic N) is 1. The lowest BCUT2D eigenvalue weighted by Gasteiger charge is -2.27. The quantitative estimate of drug-likeness (QED) is 0.854. The van der Waals surface area contributed by atoms with Gasteiger partial charge < -0.3 is 15.4 Å². The lowest BCUT2D eigenvalue weighted by Crippen LogP contribution is -2.29. The van der Waals surface area contributed by atoms with Crippen LogP contribution in [-0.4, -0.2) is 31.7 Å². The summed E-state index contributed by atoms with van der Waals surface area (Å²) in [5, 5.41) is 0.630. The van der Waals surface area contributed by atoms with Crippen LogP contribution in [0.5, 0.6) is 0 Å². The number of nitrogen functional groups attached to an aromatic ring is 1. The fourth-order valence-electron chi connectivity index (χ4n) is 2.44. The zero-order valence-electron chi connectivity index (χ0n) is 10.9. The van der Waals surface area contributed by atoms with Gasteiger partial charge >= 0.3 is 0 Å². The summed E-state index contributed by atoms with van der Waals surface area (Å²) in [4.78, 5) is 2.35. The van der Waals surface area contributed by atoms with E-state index in [4.69, 9.17) is 22.1 Å². The van der Waals surface area contributed by atoms with E-state index < -0.39 is 0 Å². The molecule has 1 aromatic rings. The minimum Gasteiger partial charge on any atom is -0.398 e. The minimum atomic E-state index is 0.630. The molecule has 18 heavy (non-hydrogen) atoms.